The van der Waals surface area contributed by atoms with E-state index in [1.54, 1.807) is 24.3 Å². The van der Waals surface area contributed by atoms with Crippen LogP contribution in [0.5, 0.6) is 0 Å². The fourth-order valence-corrected chi connectivity index (χ4v) is 3.71. The summed E-state index contributed by atoms with van der Waals surface area (Å²) in [4.78, 5) is 33.9. The van der Waals surface area contributed by atoms with Gasteiger partial charge in [0.15, 0.2) is 0 Å². The molecular formula is C23H24N6O4. The topological polar surface area (TPSA) is 140 Å². The zero-order valence-corrected chi connectivity index (χ0v) is 17.9. The van der Waals surface area contributed by atoms with E-state index in [-0.39, 0.29) is 35.6 Å². The highest BCUT2D eigenvalue weighted by molar-refractivity contribution is 5.78. The van der Waals surface area contributed by atoms with Crippen molar-refractivity contribution in [1.29, 1.82) is 0 Å². The van der Waals surface area contributed by atoms with Gasteiger partial charge in [-0.15, -0.1) is 0 Å². The molecule has 1 saturated heterocycles. The largest absolute Gasteiger partial charge is 0.467 e. The maximum atomic E-state index is 12.0. The summed E-state index contributed by atoms with van der Waals surface area (Å²) >= 11 is 0. The van der Waals surface area contributed by atoms with Crippen molar-refractivity contribution >= 4 is 35.5 Å². The molecule has 0 unspecified atom stereocenters. The molecule has 0 spiro atoms. The molecule has 1 fully saturated rings. The van der Waals surface area contributed by atoms with Crippen molar-refractivity contribution in [3.05, 3.63) is 75.9 Å². The lowest BCUT2D eigenvalue weighted by Crippen LogP contribution is -2.39. The molecule has 1 amide bonds. The molecule has 4 rings (SSSR count). The number of hydrogen-bond donors (Lipinski definition) is 2. The van der Waals surface area contributed by atoms with Crippen LogP contribution in [-0.4, -0.2) is 33.9 Å². The quantitative estimate of drug-likeness (QED) is 0.394. The van der Waals surface area contributed by atoms with Crippen LogP contribution in [0.15, 0.2) is 53.1 Å². The lowest BCUT2D eigenvalue weighted by Gasteiger charge is -2.30. The van der Waals surface area contributed by atoms with Crippen LogP contribution >= 0.6 is 0 Å². The van der Waals surface area contributed by atoms with Gasteiger partial charge in [0.25, 0.3) is 0 Å². The second-order valence-electron chi connectivity index (χ2n) is 7.70. The van der Waals surface area contributed by atoms with Crippen LogP contribution in [0.2, 0.25) is 0 Å². The molecule has 3 N–H and O–H groups in total. The summed E-state index contributed by atoms with van der Waals surface area (Å²) in [5.74, 6) is 0.581. The van der Waals surface area contributed by atoms with Gasteiger partial charge in [-0.05, 0) is 36.6 Å². The van der Waals surface area contributed by atoms with Crippen LogP contribution in [0, 0.1) is 16.0 Å². The smallest absolute Gasteiger partial charge is 0.336 e. The normalized spacial score (nSPS) is 14.5. The van der Waals surface area contributed by atoms with Gasteiger partial charge < -0.3 is 20.4 Å². The van der Waals surface area contributed by atoms with Gasteiger partial charge in [0.1, 0.15) is 11.5 Å². The second kappa shape index (κ2) is 9.94. The molecule has 1 aliphatic rings. The molecule has 3 heterocycles. The van der Waals surface area contributed by atoms with Gasteiger partial charge in [-0.25, -0.2) is 4.98 Å². The maximum absolute atomic E-state index is 12.0. The number of nitrogens with two attached hydrogens (primary N) is 1. The van der Waals surface area contributed by atoms with Crippen LogP contribution in [0.4, 0.5) is 17.5 Å². The number of benzene rings is 1. The van der Waals surface area contributed by atoms with Gasteiger partial charge in [0.2, 0.25) is 17.7 Å². The van der Waals surface area contributed by atoms with E-state index < -0.39 is 4.92 Å². The molecular weight excluding hydrogens is 424 g/mol. The Morgan fingerprint density at radius 1 is 1.18 bits per heavy atom. The fourth-order valence-electron chi connectivity index (χ4n) is 3.71. The Kier molecular flexibility index (Phi) is 6.63. The zero-order chi connectivity index (χ0) is 23.2. The van der Waals surface area contributed by atoms with E-state index in [9.17, 15) is 14.9 Å². The molecule has 10 nitrogen and oxygen atoms in total. The first-order chi connectivity index (χ1) is 16.0. The molecule has 1 aliphatic heterocycles. The molecule has 0 radical (unpaired) electrons. The lowest BCUT2D eigenvalue weighted by molar-refractivity contribution is -0.384. The number of piperidine rings is 1. The molecule has 0 atom stereocenters. The van der Waals surface area contributed by atoms with Crippen LogP contribution in [0.1, 0.15) is 29.9 Å². The van der Waals surface area contributed by atoms with E-state index in [0.717, 1.165) is 5.56 Å². The van der Waals surface area contributed by atoms with Gasteiger partial charge in [-0.2, -0.15) is 4.98 Å². The molecule has 2 aromatic heterocycles. The van der Waals surface area contributed by atoms with Crippen LogP contribution in [0.25, 0.3) is 12.2 Å². The summed E-state index contributed by atoms with van der Waals surface area (Å²) in [7, 11) is 0. The summed E-state index contributed by atoms with van der Waals surface area (Å²) in [6.45, 7) is 1.30. The van der Waals surface area contributed by atoms with Crippen molar-refractivity contribution < 1.29 is 14.1 Å². The Morgan fingerprint density at radius 3 is 2.58 bits per heavy atom. The third-order valence-corrected chi connectivity index (χ3v) is 5.51. The minimum Gasteiger partial charge on any atom is -0.467 e. The number of nitrogens with zero attached hydrogens (tertiary/aromatic N) is 4. The first kappa shape index (κ1) is 22.0. The Labute approximate surface area is 190 Å². The molecule has 3 aromatic rings. The average Bonchev–Trinajstić information content (AvgIpc) is 3.35. The number of hydrogen-bond acceptors (Lipinski definition) is 8. The highest BCUT2D eigenvalue weighted by Crippen LogP contribution is 2.31. The van der Waals surface area contributed by atoms with Crippen molar-refractivity contribution in [3.8, 4) is 0 Å². The molecule has 0 saturated carbocycles. The fraction of sp³-hybridized carbons (Fsp3) is 0.261. The number of rotatable bonds is 8. The van der Waals surface area contributed by atoms with E-state index in [1.165, 1.54) is 6.26 Å². The molecule has 10 heteroatoms. The Hall–Kier alpha value is -4.21. The molecule has 170 valence electrons. The molecule has 33 heavy (non-hydrogen) atoms. The number of nitrogens with one attached hydrogen (secondary N) is 1. The van der Waals surface area contributed by atoms with Crippen LogP contribution in [0.3, 0.4) is 0 Å². The van der Waals surface area contributed by atoms with E-state index in [4.69, 9.17) is 10.2 Å². The monoisotopic (exact) mass is 448 g/mol. The number of anilines is 2. The number of aromatic nitrogens is 2. The van der Waals surface area contributed by atoms with Gasteiger partial charge in [0.05, 0.1) is 17.7 Å². The Morgan fingerprint density at radius 2 is 1.94 bits per heavy atom. The second-order valence-corrected chi connectivity index (χ2v) is 7.70. The first-order valence-electron chi connectivity index (χ1n) is 10.6. The minimum atomic E-state index is -0.488. The summed E-state index contributed by atoms with van der Waals surface area (Å²) in [6.07, 6.45) is 6.09. The van der Waals surface area contributed by atoms with Crippen LogP contribution in [-0.2, 0) is 11.3 Å². The number of furan rings is 1. The Bertz CT molecular complexity index is 1140. The van der Waals surface area contributed by atoms with Gasteiger partial charge in [-0.1, -0.05) is 36.4 Å². The third-order valence-electron chi connectivity index (χ3n) is 5.51. The Balaban J connectivity index is 1.69. The van der Waals surface area contributed by atoms with Crippen molar-refractivity contribution in [2.24, 2.45) is 11.7 Å². The lowest BCUT2D eigenvalue weighted by atomic mass is 9.96. The maximum Gasteiger partial charge on any atom is 0.336 e. The van der Waals surface area contributed by atoms with Gasteiger partial charge >= 0.3 is 5.69 Å². The summed E-state index contributed by atoms with van der Waals surface area (Å²) < 4.78 is 5.33. The first-order valence-corrected chi connectivity index (χ1v) is 10.6. The highest BCUT2D eigenvalue weighted by atomic mass is 16.6. The van der Waals surface area contributed by atoms with Crippen molar-refractivity contribution in [3.63, 3.8) is 0 Å². The number of nitro groups is 1. The van der Waals surface area contributed by atoms with Crippen molar-refractivity contribution in [2.45, 2.75) is 19.4 Å². The third kappa shape index (κ3) is 5.35. The predicted molar refractivity (Wildman–Crippen MR) is 124 cm³/mol. The zero-order valence-electron chi connectivity index (χ0n) is 17.9. The summed E-state index contributed by atoms with van der Waals surface area (Å²) in [5, 5.41) is 15.0. The van der Waals surface area contributed by atoms with E-state index in [1.807, 2.05) is 35.2 Å². The van der Waals surface area contributed by atoms with Crippen LogP contribution < -0.4 is 16.0 Å². The standard InChI is InChI=1S/C23H24N6O4/c24-21(30)17-10-12-28(13-11-17)23-26-19(9-8-16-5-2-1-3-6-16)20(29(31)32)22(27-23)25-15-18-7-4-14-33-18/h1-9,14,17H,10-13,15H2,(H2,24,30)(H,25,26,27)/b9-8+. The predicted octanol–water partition coefficient (Wildman–Crippen LogP) is 3.46. The number of amides is 1. The minimum absolute atomic E-state index is 0.103. The van der Waals surface area contributed by atoms with Crippen molar-refractivity contribution in [1.82, 2.24) is 9.97 Å². The van der Waals surface area contributed by atoms with E-state index in [0.29, 0.717) is 37.6 Å². The number of primary amides is 1. The van der Waals surface area contributed by atoms with E-state index in [2.05, 4.69) is 15.3 Å². The summed E-state index contributed by atoms with van der Waals surface area (Å²) in [5.41, 5.74) is 6.30. The average molecular weight is 448 g/mol. The van der Waals surface area contributed by atoms with E-state index >= 15 is 0 Å². The summed E-state index contributed by atoms with van der Waals surface area (Å²) in [6, 6.07) is 13.0. The molecule has 1 aromatic carbocycles. The highest BCUT2D eigenvalue weighted by Gasteiger charge is 2.28. The molecule has 0 aliphatic carbocycles. The SMILES string of the molecule is NC(=O)C1CCN(c2nc(/C=C/c3ccccc3)c([N+](=O)[O-])c(NCc3ccco3)n2)CC1. The molecule has 0 bridgehead atoms. The van der Waals surface area contributed by atoms with Crippen molar-refractivity contribution in [2.75, 3.05) is 23.3 Å². The number of carbonyl (C=O) groups excluding carboxylic acids is 1. The number of carbonyl (C=O) groups is 1. The van der Waals surface area contributed by atoms with Gasteiger partial charge in [0, 0.05) is 19.0 Å². The van der Waals surface area contributed by atoms with Gasteiger partial charge in [-0.3, -0.25) is 14.9 Å².